The summed E-state index contributed by atoms with van der Waals surface area (Å²) in [6, 6.07) is 13.1. The van der Waals surface area contributed by atoms with Gasteiger partial charge in [0.05, 0.1) is 24.9 Å². The summed E-state index contributed by atoms with van der Waals surface area (Å²) in [6.45, 7) is 5.76. The second-order valence-corrected chi connectivity index (χ2v) is 10.6. The van der Waals surface area contributed by atoms with Gasteiger partial charge in [-0.15, -0.1) is 0 Å². The number of ether oxygens (including phenoxy) is 1. The maximum Gasteiger partial charge on any atom is 0.254 e. The van der Waals surface area contributed by atoms with E-state index in [4.69, 9.17) is 4.74 Å². The van der Waals surface area contributed by atoms with E-state index in [9.17, 15) is 14.4 Å². The van der Waals surface area contributed by atoms with Gasteiger partial charge in [-0.3, -0.25) is 14.4 Å². The number of hydrogen-bond donors (Lipinski definition) is 2. The minimum absolute atomic E-state index is 0.0261. The van der Waals surface area contributed by atoms with Crippen LogP contribution in [0.3, 0.4) is 0 Å². The number of hydrogen-bond acceptors (Lipinski definition) is 6. The molecule has 2 heterocycles. The fraction of sp³-hybridized carbons (Fsp3) is 0.500. The summed E-state index contributed by atoms with van der Waals surface area (Å²) in [4.78, 5) is 45.4. The maximum atomic E-state index is 13.3. The Labute approximate surface area is 230 Å². The van der Waals surface area contributed by atoms with Crippen LogP contribution in [-0.2, 0) is 16.0 Å². The topological polar surface area (TPSA) is 94.2 Å². The number of rotatable bonds is 7. The SMILES string of the molecule is COc1ccc(CC(=O)Nc2cc(C(=O)N3CCNCC3)ccc2N2CCCN(C(=O)C3CCC3)CC2)cc1. The van der Waals surface area contributed by atoms with E-state index >= 15 is 0 Å². The molecular formula is C30H39N5O4. The van der Waals surface area contributed by atoms with Crippen molar-refractivity contribution in [1.82, 2.24) is 15.1 Å². The fourth-order valence-corrected chi connectivity index (χ4v) is 5.51. The van der Waals surface area contributed by atoms with Crippen molar-refractivity contribution in [1.29, 1.82) is 0 Å². The highest BCUT2D eigenvalue weighted by molar-refractivity contribution is 6.00. The predicted octanol–water partition coefficient (Wildman–Crippen LogP) is 2.76. The molecule has 0 atom stereocenters. The van der Waals surface area contributed by atoms with E-state index in [1.54, 1.807) is 7.11 Å². The lowest BCUT2D eigenvalue weighted by Crippen LogP contribution is -2.46. The van der Waals surface area contributed by atoms with Crippen LogP contribution in [0.15, 0.2) is 42.5 Å². The molecule has 2 aliphatic heterocycles. The first-order chi connectivity index (χ1) is 19.0. The quantitative estimate of drug-likeness (QED) is 0.569. The molecule has 208 valence electrons. The summed E-state index contributed by atoms with van der Waals surface area (Å²) in [5.41, 5.74) is 2.96. The number of carbonyl (C=O) groups excluding carboxylic acids is 3. The second-order valence-electron chi connectivity index (χ2n) is 10.6. The van der Waals surface area contributed by atoms with Crippen molar-refractivity contribution >= 4 is 29.1 Å². The van der Waals surface area contributed by atoms with Crippen LogP contribution in [0, 0.1) is 5.92 Å². The first-order valence-corrected chi connectivity index (χ1v) is 14.1. The van der Waals surface area contributed by atoms with Crippen LogP contribution in [0.5, 0.6) is 5.75 Å². The monoisotopic (exact) mass is 533 g/mol. The Kier molecular flexibility index (Phi) is 8.66. The average molecular weight is 534 g/mol. The van der Waals surface area contributed by atoms with Gasteiger partial charge in [-0.05, 0) is 55.2 Å². The van der Waals surface area contributed by atoms with Crippen LogP contribution < -0.4 is 20.3 Å². The molecule has 3 amide bonds. The molecule has 0 aromatic heterocycles. The van der Waals surface area contributed by atoms with E-state index in [2.05, 4.69) is 15.5 Å². The van der Waals surface area contributed by atoms with Crippen LogP contribution in [0.25, 0.3) is 0 Å². The first-order valence-electron chi connectivity index (χ1n) is 14.1. The molecule has 3 aliphatic rings. The Bertz CT molecular complexity index is 1170. The van der Waals surface area contributed by atoms with Gasteiger partial charge in [-0.1, -0.05) is 18.6 Å². The molecule has 0 spiro atoms. The highest BCUT2D eigenvalue weighted by Gasteiger charge is 2.31. The molecule has 0 unspecified atom stereocenters. The third kappa shape index (κ3) is 6.53. The zero-order chi connectivity index (χ0) is 27.2. The van der Waals surface area contributed by atoms with E-state index in [0.717, 1.165) is 68.9 Å². The maximum absolute atomic E-state index is 13.3. The van der Waals surface area contributed by atoms with E-state index in [1.807, 2.05) is 52.3 Å². The molecule has 1 saturated carbocycles. The fourth-order valence-electron chi connectivity index (χ4n) is 5.51. The van der Waals surface area contributed by atoms with Gasteiger partial charge < -0.3 is 30.1 Å². The lowest BCUT2D eigenvalue weighted by molar-refractivity contribution is -0.137. The Morgan fingerprint density at radius 1 is 0.897 bits per heavy atom. The van der Waals surface area contributed by atoms with Crippen LogP contribution >= 0.6 is 0 Å². The number of piperazine rings is 1. The molecule has 3 fully saturated rings. The minimum Gasteiger partial charge on any atom is -0.497 e. The molecule has 2 saturated heterocycles. The summed E-state index contributed by atoms with van der Waals surface area (Å²) in [7, 11) is 1.61. The number of nitrogens with one attached hydrogen (secondary N) is 2. The molecule has 9 nitrogen and oxygen atoms in total. The van der Waals surface area contributed by atoms with E-state index in [0.29, 0.717) is 37.4 Å². The van der Waals surface area contributed by atoms with Gasteiger partial charge in [-0.2, -0.15) is 0 Å². The average Bonchev–Trinajstić information content (AvgIpc) is 3.19. The van der Waals surface area contributed by atoms with Crippen LogP contribution in [0.4, 0.5) is 11.4 Å². The minimum atomic E-state index is -0.148. The lowest BCUT2D eigenvalue weighted by atomic mass is 9.84. The van der Waals surface area contributed by atoms with E-state index in [-0.39, 0.29) is 30.1 Å². The number of methoxy groups -OCH3 is 1. The molecule has 9 heteroatoms. The van der Waals surface area contributed by atoms with Gasteiger partial charge in [0.25, 0.3) is 5.91 Å². The van der Waals surface area contributed by atoms with Crippen LogP contribution in [-0.4, -0.2) is 87.0 Å². The Morgan fingerprint density at radius 2 is 1.67 bits per heavy atom. The van der Waals surface area contributed by atoms with Gasteiger partial charge in [0.1, 0.15) is 5.75 Å². The highest BCUT2D eigenvalue weighted by atomic mass is 16.5. The summed E-state index contributed by atoms with van der Waals surface area (Å²) in [5.74, 6) is 1.05. The zero-order valence-electron chi connectivity index (χ0n) is 22.8. The molecular weight excluding hydrogens is 494 g/mol. The summed E-state index contributed by atoms with van der Waals surface area (Å²) in [5, 5.41) is 6.38. The van der Waals surface area contributed by atoms with Crippen LogP contribution in [0.2, 0.25) is 0 Å². The van der Waals surface area contributed by atoms with Gasteiger partial charge >= 0.3 is 0 Å². The van der Waals surface area contributed by atoms with E-state index < -0.39 is 0 Å². The van der Waals surface area contributed by atoms with E-state index in [1.165, 1.54) is 0 Å². The van der Waals surface area contributed by atoms with Crippen molar-refractivity contribution in [3.05, 3.63) is 53.6 Å². The van der Waals surface area contributed by atoms with Crippen molar-refractivity contribution in [3.63, 3.8) is 0 Å². The van der Waals surface area contributed by atoms with Crippen molar-refractivity contribution in [3.8, 4) is 5.75 Å². The van der Waals surface area contributed by atoms with Gasteiger partial charge in [0, 0.05) is 63.8 Å². The Morgan fingerprint density at radius 3 is 2.36 bits per heavy atom. The molecule has 0 bridgehead atoms. The highest BCUT2D eigenvalue weighted by Crippen LogP contribution is 2.31. The smallest absolute Gasteiger partial charge is 0.254 e. The number of benzene rings is 2. The van der Waals surface area contributed by atoms with Crippen molar-refractivity contribution in [2.45, 2.75) is 32.1 Å². The van der Waals surface area contributed by atoms with Gasteiger partial charge in [-0.25, -0.2) is 0 Å². The van der Waals surface area contributed by atoms with Gasteiger partial charge in [0.15, 0.2) is 0 Å². The molecule has 2 aromatic rings. The lowest BCUT2D eigenvalue weighted by Gasteiger charge is -2.31. The second kappa shape index (κ2) is 12.5. The largest absolute Gasteiger partial charge is 0.497 e. The summed E-state index contributed by atoms with van der Waals surface area (Å²) < 4.78 is 5.22. The number of carbonyl (C=O) groups is 3. The molecule has 39 heavy (non-hydrogen) atoms. The van der Waals surface area contributed by atoms with Gasteiger partial charge in [0.2, 0.25) is 11.8 Å². The summed E-state index contributed by atoms with van der Waals surface area (Å²) in [6.07, 6.45) is 4.23. The Hall–Kier alpha value is -3.59. The van der Waals surface area contributed by atoms with Crippen molar-refractivity contribution < 1.29 is 19.1 Å². The normalized spacial score (nSPS) is 18.2. The number of nitrogens with zero attached hydrogens (tertiary/aromatic N) is 3. The number of amides is 3. The molecule has 0 radical (unpaired) electrons. The van der Waals surface area contributed by atoms with Crippen molar-refractivity contribution in [2.75, 3.05) is 69.7 Å². The molecule has 2 aromatic carbocycles. The third-order valence-electron chi connectivity index (χ3n) is 8.05. The zero-order valence-corrected chi connectivity index (χ0v) is 22.8. The van der Waals surface area contributed by atoms with Crippen molar-refractivity contribution in [2.24, 2.45) is 5.92 Å². The Balaban J connectivity index is 1.34. The molecule has 1 aliphatic carbocycles. The third-order valence-corrected chi connectivity index (χ3v) is 8.05. The molecule has 2 N–H and O–H groups in total. The van der Waals surface area contributed by atoms with Crippen LogP contribution in [0.1, 0.15) is 41.6 Å². The first kappa shape index (κ1) is 27.0. The number of anilines is 2. The summed E-state index contributed by atoms with van der Waals surface area (Å²) >= 11 is 0. The standard InChI is InChI=1S/C30H39N5O4/c1-39-25-9-6-22(7-10-25)20-28(36)32-26-21-24(30(38)35-16-12-31-13-17-35)8-11-27(26)33-14-3-15-34(19-18-33)29(37)23-4-2-5-23/h6-11,21,23,31H,2-5,12-20H2,1H3,(H,32,36). The molecule has 5 rings (SSSR count). The predicted molar refractivity (Wildman–Crippen MR) is 151 cm³/mol.